The van der Waals surface area contributed by atoms with Crippen LogP contribution in [0.4, 0.5) is 0 Å². The fraction of sp³-hybridized carbons (Fsp3) is 0.550. The Morgan fingerprint density at radius 1 is 1.16 bits per heavy atom. The van der Waals surface area contributed by atoms with Gasteiger partial charge in [0.15, 0.2) is 9.84 Å². The first-order valence-corrected chi connectivity index (χ1v) is 10.5. The maximum Gasteiger partial charge on any atom is 0.333 e. The lowest BCUT2D eigenvalue weighted by molar-refractivity contribution is -0.136. The van der Waals surface area contributed by atoms with Crippen molar-refractivity contribution in [3.05, 3.63) is 42.0 Å². The number of hydrogen-bond acceptors (Lipinski definition) is 4. The maximum absolute atomic E-state index is 12.7. The summed E-state index contributed by atoms with van der Waals surface area (Å²) in [5, 5.41) is 0. The average molecular weight is 367 g/mol. The van der Waals surface area contributed by atoms with E-state index < -0.39 is 15.8 Å². The Morgan fingerprint density at radius 2 is 1.80 bits per heavy atom. The molecule has 0 N–H and O–H groups in total. The summed E-state index contributed by atoms with van der Waals surface area (Å²) in [4.78, 5) is 12.0. The molecule has 0 saturated carbocycles. The molecule has 4 nitrogen and oxygen atoms in total. The molecule has 0 fully saturated rings. The summed E-state index contributed by atoms with van der Waals surface area (Å²) in [7, 11) is -2.08. The van der Waals surface area contributed by atoms with Crippen LogP contribution in [0, 0.1) is 12.8 Å². The second-order valence-electron chi connectivity index (χ2n) is 6.61. The zero-order valence-corrected chi connectivity index (χ0v) is 16.4. The molecule has 0 spiro atoms. The van der Waals surface area contributed by atoms with E-state index in [9.17, 15) is 13.2 Å². The number of benzene rings is 1. The molecule has 1 atom stereocenters. The monoisotopic (exact) mass is 366 g/mol. The van der Waals surface area contributed by atoms with Crippen molar-refractivity contribution in [2.24, 2.45) is 5.92 Å². The van der Waals surface area contributed by atoms with Crippen molar-refractivity contribution in [1.82, 2.24) is 0 Å². The van der Waals surface area contributed by atoms with E-state index in [1.54, 1.807) is 24.3 Å². The van der Waals surface area contributed by atoms with Crippen molar-refractivity contribution in [1.29, 1.82) is 0 Å². The Kier molecular flexibility index (Phi) is 8.90. The first-order chi connectivity index (χ1) is 11.8. The van der Waals surface area contributed by atoms with Gasteiger partial charge in [-0.25, -0.2) is 13.2 Å². The van der Waals surface area contributed by atoms with E-state index in [2.05, 4.69) is 13.5 Å². The topological polar surface area (TPSA) is 60.4 Å². The fourth-order valence-electron chi connectivity index (χ4n) is 2.83. The van der Waals surface area contributed by atoms with Crippen LogP contribution < -0.4 is 0 Å². The van der Waals surface area contributed by atoms with Crippen molar-refractivity contribution >= 4 is 15.8 Å². The molecule has 5 heteroatoms. The van der Waals surface area contributed by atoms with E-state index in [4.69, 9.17) is 4.74 Å². The third kappa shape index (κ3) is 7.43. The quantitative estimate of drug-likeness (QED) is 0.329. The van der Waals surface area contributed by atoms with Crippen LogP contribution in [-0.2, 0) is 19.4 Å². The number of ether oxygens (including phenoxy) is 1. The van der Waals surface area contributed by atoms with Crippen LogP contribution in [0.2, 0.25) is 0 Å². The van der Waals surface area contributed by atoms with Crippen molar-refractivity contribution in [3.8, 4) is 0 Å². The lowest BCUT2D eigenvalue weighted by Crippen LogP contribution is -2.19. The van der Waals surface area contributed by atoms with Gasteiger partial charge in [0, 0.05) is 5.57 Å². The highest BCUT2D eigenvalue weighted by molar-refractivity contribution is 7.91. The van der Waals surface area contributed by atoms with E-state index in [0.29, 0.717) is 16.9 Å². The van der Waals surface area contributed by atoms with Gasteiger partial charge in [-0.3, -0.25) is 0 Å². The highest BCUT2D eigenvalue weighted by Gasteiger charge is 2.23. The second-order valence-corrected chi connectivity index (χ2v) is 8.64. The second kappa shape index (κ2) is 10.4. The molecule has 0 aliphatic heterocycles. The highest BCUT2D eigenvalue weighted by Crippen LogP contribution is 2.24. The summed E-state index contributed by atoms with van der Waals surface area (Å²) in [6, 6.07) is 6.90. The van der Waals surface area contributed by atoms with E-state index in [0.717, 1.165) is 37.7 Å². The Balaban J connectivity index is 2.84. The summed E-state index contributed by atoms with van der Waals surface area (Å²) in [5.41, 5.74) is 1.36. The van der Waals surface area contributed by atoms with Gasteiger partial charge in [0.1, 0.15) is 0 Å². The smallest absolute Gasteiger partial charge is 0.333 e. The molecular formula is C20H30O4S. The number of carbonyl (C=O) groups excluding carboxylic acids is 1. The van der Waals surface area contributed by atoms with Gasteiger partial charge in [-0.15, -0.1) is 0 Å². The number of esters is 1. The normalized spacial score (nSPS) is 12.6. The summed E-state index contributed by atoms with van der Waals surface area (Å²) in [6.45, 7) is 7.82. The Hall–Kier alpha value is -1.62. The van der Waals surface area contributed by atoms with E-state index in [1.807, 2.05) is 6.92 Å². The van der Waals surface area contributed by atoms with Crippen LogP contribution in [0.1, 0.15) is 51.0 Å². The van der Waals surface area contributed by atoms with Gasteiger partial charge in [-0.1, -0.05) is 56.9 Å². The molecule has 1 unspecified atom stereocenters. The predicted octanol–water partition coefficient (Wildman–Crippen LogP) is 4.47. The first-order valence-electron chi connectivity index (χ1n) is 8.85. The lowest BCUT2D eigenvalue weighted by atomic mass is 9.95. The number of carbonyl (C=O) groups is 1. The minimum Gasteiger partial charge on any atom is -0.466 e. The van der Waals surface area contributed by atoms with Crippen molar-refractivity contribution in [3.63, 3.8) is 0 Å². The van der Waals surface area contributed by atoms with Gasteiger partial charge in [0.05, 0.1) is 17.8 Å². The third-order valence-corrected chi connectivity index (χ3v) is 6.21. The third-order valence-electron chi connectivity index (χ3n) is 4.31. The molecule has 0 aliphatic carbocycles. The van der Waals surface area contributed by atoms with Gasteiger partial charge in [0.25, 0.3) is 0 Å². The average Bonchev–Trinajstić information content (AvgIpc) is 2.57. The van der Waals surface area contributed by atoms with Crippen LogP contribution in [-0.4, -0.2) is 27.2 Å². The highest BCUT2D eigenvalue weighted by atomic mass is 32.2. The number of methoxy groups -OCH3 is 1. The number of sulfone groups is 1. The summed E-state index contributed by atoms with van der Waals surface area (Å²) in [5.74, 6) is -0.570. The van der Waals surface area contributed by atoms with E-state index >= 15 is 0 Å². The molecule has 0 radical (unpaired) electrons. The standard InChI is InChI=1S/C20H30O4S/c1-5-6-7-8-9-18(14-17(3)20(21)24-4)15-25(22,23)19-12-10-16(2)11-13-19/h10-13,18H,3,5-9,14-15H2,1-2,4H3. The zero-order chi connectivity index (χ0) is 18.9. The minimum absolute atomic E-state index is 0.0260. The number of aryl methyl sites for hydroxylation is 1. The SMILES string of the molecule is C=C(CC(CCCCCC)CS(=O)(=O)c1ccc(C)cc1)C(=O)OC. The largest absolute Gasteiger partial charge is 0.466 e. The van der Waals surface area contributed by atoms with Crippen molar-refractivity contribution in [2.45, 2.75) is 57.3 Å². The summed E-state index contributed by atoms with van der Waals surface area (Å²) in [6.07, 6.45) is 5.40. The van der Waals surface area contributed by atoms with Crippen LogP contribution in [0.5, 0.6) is 0 Å². The molecule has 0 amide bonds. The summed E-state index contributed by atoms with van der Waals surface area (Å²) >= 11 is 0. The lowest BCUT2D eigenvalue weighted by Gasteiger charge is -2.18. The maximum atomic E-state index is 12.7. The van der Waals surface area contributed by atoms with Crippen LogP contribution in [0.25, 0.3) is 0 Å². The van der Waals surface area contributed by atoms with Crippen LogP contribution in [0.15, 0.2) is 41.3 Å². The van der Waals surface area contributed by atoms with E-state index in [1.165, 1.54) is 7.11 Å². The number of rotatable bonds is 11. The molecule has 0 heterocycles. The minimum atomic E-state index is -3.39. The molecule has 25 heavy (non-hydrogen) atoms. The molecule has 140 valence electrons. The fourth-order valence-corrected chi connectivity index (χ4v) is 4.48. The van der Waals surface area contributed by atoms with Crippen molar-refractivity contribution < 1.29 is 17.9 Å². The zero-order valence-electron chi connectivity index (χ0n) is 15.6. The predicted molar refractivity (Wildman–Crippen MR) is 101 cm³/mol. The van der Waals surface area contributed by atoms with Crippen LogP contribution >= 0.6 is 0 Å². The van der Waals surface area contributed by atoms with Gasteiger partial charge in [-0.05, 0) is 37.8 Å². The molecule has 0 aliphatic rings. The van der Waals surface area contributed by atoms with Gasteiger partial charge >= 0.3 is 5.97 Å². The van der Waals surface area contributed by atoms with Crippen molar-refractivity contribution in [2.75, 3.05) is 12.9 Å². The molecule has 1 rings (SSSR count). The molecular weight excluding hydrogens is 336 g/mol. The molecule has 1 aromatic carbocycles. The Morgan fingerprint density at radius 3 is 2.36 bits per heavy atom. The first kappa shape index (κ1) is 21.4. The number of hydrogen-bond donors (Lipinski definition) is 0. The van der Waals surface area contributed by atoms with Crippen LogP contribution in [0.3, 0.4) is 0 Å². The number of unbranched alkanes of at least 4 members (excludes halogenated alkanes) is 3. The van der Waals surface area contributed by atoms with Gasteiger partial charge in [0.2, 0.25) is 0 Å². The molecule has 1 aromatic rings. The van der Waals surface area contributed by atoms with Gasteiger partial charge in [-0.2, -0.15) is 0 Å². The Labute approximate surface area is 152 Å². The summed E-state index contributed by atoms with van der Waals surface area (Å²) < 4.78 is 30.1. The molecule has 0 aromatic heterocycles. The Bertz CT molecular complexity index is 659. The molecule has 0 saturated heterocycles. The molecule has 0 bridgehead atoms. The van der Waals surface area contributed by atoms with Gasteiger partial charge < -0.3 is 4.74 Å². The van der Waals surface area contributed by atoms with E-state index in [-0.39, 0.29) is 11.7 Å².